The van der Waals surface area contributed by atoms with E-state index in [0.29, 0.717) is 0 Å². The Kier molecular flexibility index (Phi) is 5.63. The molecular weight excluding hydrogens is 347 g/mol. The number of hydrogen-bond acceptors (Lipinski definition) is 1. The number of benzene rings is 3. The molecule has 0 amide bonds. The minimum atomic E-state index is -0.601. The minimum absolute atomic E-state index is 0.0219. The maximum Gasteiger partial charge on any atom is 0.0924 e. The third-order valence-corrected chi connectivity index (χ3v) is 7.51. The van der Waals surface area contributed by atoms with Crippen LogP contribution in [0.25, 0.3) is 0 Å². The van der Waals surface area contributed by atoms with Crippen molar-refractivity contribution in [3.63, 3.8) is 0 Å². The van der Waals surface area contributed by atoms with E-state index in [1.165, 1.54) is 21.5 Å². The lowest BCUT2D eigenvalue weighted by Gasteiger charge is -2.30. The zero-order valence-corrected chi connectivity index (χ0v) is 16.3. The van der Waals surface area contributed by atoms with E-state index in [4.69, 9.17) is 4.74 Å². The van der Waals surface area contributed by atoms with Gasteiger partial charge in [-0.15, -0.1) is 0 Å². The number of rotatable bonds is 6. The van der Waals surface area contributed by atoms with E-state index in [9.17, 15) is 0 Å². The van der Waals surface area contributed by atoms with Crippen molar-refractivity contribution in [3.05, 3.63) is 120 Å². The largest absolute Gasteiger partial charge is 0.376 e. The Balaban J connectivity index is 1.76. The summed E-state index contributed by atoms with van der Waals surface area (Å²) in [6, 6.07) is 32.2. The first kappa shape index (κ1) is 17.9. The van der Waals surface area contributed by atoms with Crippen molar-refractivity contribution in [1.29, 1.82) is 0 Å². The quantitative estimate of drug-likeness (QED) is 0.515. The average molecular weight is 370 g/mol. The second-order valence-electron chi connectivity index (χ2n) is 6.58. The van der Waals surface area contributed by atoms with Crippen LogP contribution in [0.2, 0.25) is 0 Å². The number of hydrogen-bond donors (Lipinski definition) is 0. The zero-order valence-electron chi connectivity index (χ0n) is 15.4. The highest BCUT2D eigenvalue weighted by molar-refractivity contribution is 7.76. The van der Waals surface area contributed by atoms with Crippen LogP contribution in [0.1, 0.15) is 11.7 Å². The van der Waals surface area contributed by atoms with Crippen molar-refractivity contribution < 1.29 is 4.74 Å². The van der Waals surface area contributed by atoms with Gasteiger partial charge in [0.05, 0.1) is 6.10 Å². The van der Waals surface area contributed by atoms with E-state index in [1.54, 1.807) is 0 Å². The Morgan fingerprint density at radius 2 is 1.26 bits per heavy atom. The topological polar surface area (TPSA) is 9.23 Å². The predicted octanol–water partition coefficient (Wildman–Crippen LogP) is 5.58. The molecule has 0 bridgehead atoms. The van der Waals surface area contributed by atoms with Crippen LogP contribution in [0.4, 0.5) is 0 Å². The molecule has 2 atom stereocenters. The van der Waals surface area contributed by atoms with E-state index in [1.807, 2.05) is 7.11 Å². The number of ether oxygens (including phenoxy) is 1. The van der Waals surface area contributed by atoms with Gasteiger partial charge in [-0.2, -0.15) is 0 Å². The van der Waals surface area contributed by atoms with Crippen molar-refractivity contribution in [2.45, 2.75) is 6.10 Å². The molecule has 0 aliphatic heterocycles. The lowest BCUT2D eigenvalue weighted by Crippen LogP contribution is -2.20. The third-order valence-electron chi connectivity index (χ3n) is 4.92. The van der Waals surface area contributed by atoms with Gasteiger partial charge in [0.15, 0.2) is 0 Å². The van der Waals surface area contributed by atoms with Crippen LogP contribution in [0.3, 0.4) is 0 Å². The number of methoxy groups -OCH3 is 1. The van der Waals surface area contributed by atoms with E-state index >= 15 is 0 Å². The van der Waals surface area contributed by atoms with Gasteiger partial charge in [-0.3, -0.25) is 0 Å². The van der Waals surface area contributed by atoms with Crippen molar-refractivity contribution >= 4 is 18.5 Å². The molecule has 1 aliphatic carbocycles. The highest BCUT2D eigenvalue weighted by Crippen LogP contribution is 2.52. The molecule has 0 saturated carbocycles. The molecule has 0 saturated heterocycles. The zero-order chi connectivity index (χ0) is 18.5. The van der Waals surface area contributed by atoms with Crippen molar-refractivity contribution in [2.75, 3.05) is 7.11 Å². The van der Waals surface area contributed by atoms with E-state index in [2.05, 4.69) is 109 Å². The summed E-state index contributed by atoms with van der Waals surface area (Å²) in [6.45, 7) is 0. The van der Waals surface area contributed by atoms with Crippen molar-refractivity contribution in [2.24, 2.45) is 5.92 Å². The highest BCUT2D eigenvalue weighted by atomic mass is 31.1. The van der Waals surface area contributed by atoms with Gasteiger partial charge in [0.1, 0.15) is 0 Å². The molecule has 0 aromatic heterocycles. The van der Waals surface area contributed by atoms with Crippen LogP contribution < -0.4 is 10.6 Å². The van der Waals surface area contributed by atoms with Crippen molar-refractivity contribution in [1.82, 2.24) is 0 Å². The lowest BCUT2D eigenvalue weighted by atomic mass is 9.97. The second kappa shape index (κ2) is 8.48. The molecule has 3 aromatic carbocycles. The van der Waals surface area contributed by atoms with Gasteiger partial charge in [-0.05, 0) is 29.4 Å². The summed E-state index contributed by atoms with van der Waals surface area (Å²) in [5.74, 6) is 0.240. The molecule has 0 radical (unpaired) electrons. The smallest absolute Gasteiger partial charge is 0.0924 e. The third kappa shape index (κ3) is 3.81. The van der Waals surface area contributed by atoms with Crippen molar-refractivity contribution in [3.8, 4) is 0 Å². The van der Waals surface area contributed by atoms with E-state index < -0.39 is 7.92 Å². The molecule has 0 N–H and O–H groups in total. The SMILES string of the molecule is CO[C@H](c1ccccc1)C1C=CC=C1P(c1ccccc1)c1ccccc1. The maximum absolute atomic E-state index is 5.99. The molecule has 1 unspecified atom stereocenters. The maximum atomic E-state index is 5.99. The first-order valence-electron chi connectivity index (χ1n) is 9.25. The molecular formula is C25H23OP. The summed E-state index contributed by atoms with van der Waals surface area (Å²) in [4.78, 5) is 0. The van der Waals surface area contributed by atoms with Crippen LogP contribution in [0, 0.1) is 5.92 Å². The van der Waals surface area contributed by atoms with Gasteiger partial charge in [-0.25, -0.2) is 0 Å². The summed E-state index contributed by atoms with van der Waals surface area (Å²) >= 11 is 0. The molecule has 0 spiro atoms. The fourth-order valence-electron chi connectivity index (χ4n) is 3.70. The van der Waals surface area contributed by atoms with E-state index in [-0.39, 0.29) is 12.0 Å². The Labute approximate surface area is 162 Å². The Hall–Kier alpha value is -2.47. The fourth-order valence-corrected chi connectivity index (χ4v) is 6.29. The summed E-state index contributed by atoms with van der Waals surface area (Å²) in [5, 5.41) is 4.20. The monoisotopic (exact) mass is 370 g/mol. The summed E-state index contributed by atoms with van der Waals surface area (Å²) in [7, 11) is 1.21. The Bertz CT molecular complexity index is 877. The van der Waals surface area contributed by atoms with Gasteiger partial charge in [0.25, 0.3) is 0 Å². The first-order valence-corrected chi connectivity index (χ1v) is 10.6. The summed E-state index contributed by atoms with van der Waals surface area (Å²) in [6.07, 6.45) is 6.80. The fraction of sp³-hybridized carbons (Fsp3) is 0.120. The standard InChI is InChI=1S/C25H23OP/c1-26-25(20-12-5-2-6-13-20)23-18-11-19-24(23)27(21-14-7-3-8-15-21)22-16-9-4-10-17-22/h2-19,23,25H,1H3/t23?,25-/m1/s1. The summed E-state index contributed by atoms with van der Waals surface area (Å²) < 4.78 is 5.99. The van der Waals surface area contributed by atoms with Crippen LogP contribution in [0.5, 0.6) is 0 Å². The highest BCUT2D eigenvalue weighted by Gasteiger charge is 2.32. The second-order valence-corrected chi connectivity index (χ2v) is 8.80. The van der Waals surface area contributed by atoms with Gasteiger partial charge < -0.3 is 4.74 Å². The van der Waals surface area contributed by atoms with Crippen LogP contribution in [-0.2, 0) is 4.74 Å². The summed E-state index contributed by atoms with van der Waals surface area (Å²) in [5.41, 5.74) is 1.22. The molecule has 3 aromatic rings. The van der Waals surface area contributed by atoms with Crippen LogP contribution >= 0.6 is 7.92 Å². The molecule has 0 fully saturated rings. The average Bonchev–Trinajstić information content (AvgIpc) is 3.20. The first-order chi connectivity index (χ1) is 13.4. The minimum Gasteiger partial charge on any atom is -0.376 e. The number of allylic oxidation sites excluding steroid dienone is 2. The molecule has 0 heterocycles. The normalized spacial score (nSPS) is 17.1. The molecule has 2 heteroatoms. The van der Waals surface area contributed by atoms with E-state index in [0.717, 1.165) is 0 Å². The molecule has 1 nitrogen and oxygen atoms in total. The van der Waals surface area contributed by atoms with Gasteiger partial charge in [0.2, 0.25) is 0 Å². The van der Waals surface area contributed by atoms with Gasteiger partial charge in [-0.1, -0.05) is 109 Å². The van der Waals surface area contributed by atoms with Crippen LogP contribution in [0.15, 0.2) is 115 Å². The Morgan fingerprint density at radius 1 is 0.741 bits per heavy atom. The molecule has 27 heavy (non-hydrogen) atoms. The predicted molar refractivity (Wildman–Crippen MR) is 116 cm³/mol. The van der Waals surface area contributed by atoms with Gasteiger partial charge in [0, 0.05) is 13.0 Å². The van der Waals surface area contributed by atoms with Gasteiger partial charge >= 0.3 is 0 Å². The molecule has 1 aliphatic rings. The van der Waals surface area contributed by atoms with Crippen LogP contribution in [-0.4, -0.2) is 7.11 Å². The Morgan fingerprint density at radius 3 is 1.78 bits per heavy atom. The lowest BCUT2D eigenvalue weighted by molar-refractivity contribution is 0.0822. The molecule has 4 rings (SSSR count). The molecule has 134 valence electrons.